The largest absolute Gasteiger partial charge is 0.398 e. The molecule has 29 heavy (non-hydrogen) atoms. The summed E-state index contributed by atoms with van der Waals surface area (Å²) in [4.78, 5) is 19.3. The molecule has 0 amide bonds. The average molecular weight is 411 g/mol. The maximum atomic E-state index is 10.9. The van der Waals surface area contributed by atoms with E-state index in [1.807, 2.05) is 7.05 Å². The summed E-state index contributed by atoms with van der Waals surface area (Å²) in [5, 5.41) is 16.3. The van der Waals surface area contributed by atoms with Crippen molar-refractivity contribution in [1.82, 2.24) is 9.97 Å². The van der Waals surface area contributed by atoms with Crippen molar-refractivity contribution in [2.24, 2.45) is 0 Å². The third kappa shape index (κ3) is 6.11. The number of carbonyl (C=O) groups is 1. The van der Waals surface area contributed by atoms with Gasteiger partial charge < -0.3 is 21.8 Å². The van der Waals surface area contributed by atoms with Crippen molar-refractivity contribution in [2.75, 3.05) is 23.4 Å². The molecular weight excluding hydrogens is 384 g/mol. The minimum atomic E-state index is 0.172. The molecule has 0 atom stereocenters. The third-order valence-electron chi connectivity index (χ3n) is 3.96. The van der Waals surface area contributed by atoms with Crippen LogP contribution in [-0.4, -0.2) is 29.5 Å². The summed E-state index contributed by atoms with van der Waals surface area (Å²) in [6.07, 6.45) is 3.53. The van der Waals surface area contributed by atoms with Gasteiger partial charge in [0.15, 0.2) is 11.4 Å². The molecule has 3 aromatic rings. The molecule has 2 aromatic heterocycles. The summed E-state index contributed by atoms with van der Waals surface area (Å²) < 4.78 is 0. The van der Waals surface area contributed by atoms with E-state index in [4.69, 9.17) is 11.1 Å². The smallest absolute Gasteiger partial charge is 0.182 e. The fourth-order valence-electron chi connectivity index (χ4n) is 2.27. The molecule has 152 valence electrons. The zero-order valence-corrected chi connectivity index (χ0v) is 17.8. The molecule has 8 heteroatoms. The van der Waals surface area contributed by atoms with E-state index < -0.39 is 0 Å². The number of nitrogen functional groups attached to an aromatic ring is 1. The van der Waals surface area contributed by atoms with E-state index in [1.54, 1.807) is 47.9 Å². The Labute approximate surface area is 174 Å². The third-order valence-corrected chi connectivity index (χ3v) is 4.82. The van der Waals surface area contributed by atoms with Gasteiger partial charge in [-0.2, -0.15) is 0 Å². The molecule has 0 aliphatic carbocycles. The number of benzene rings is 1. The minimum absolute atomic E-state index is 0.172. The molecule has 0 aliphatic rings. The van der Waals surface area contributed by atoms with Gasteiger partial charge in [0.1, 0.15) is 5.82 Å². The van der Waals surface area contributed by atoms with Crippen LogP contribution in [-0.2, 0) is 5.41 Å². The Kier molecular flexibility index (Phi) is 7.44. The SMILES string of the molecule is CNc1nc(C(C)(C)C)cs1.N=Cc1ccc(Nc2ncccc2C=O)cc1N. The number of anilines is 4. The van der Waals surface area contributed by atoms with Crippen LogP contribution < -0.4 is 16.4 Å². The number of hydrogen-bond acceptors (Lipinski definition) is 8. The highest BCUT2D eigenvalue weighted by atomic mass is 32.1. The van der Waals surface area contributed by atoms with Gasteiger partial charge in [-0.15, -0.1) is 11.3 Å². The van der Waals surface area contributed by atoms with E-state index in [2.05, 4.69) is 46.8 Å². The van der Waals surface area contributed by atoms with Gasteiger partial charge in [0.05, 0.1) is 11.3 Å². The van der Waals surface area contributed by atoms with Crippen molar-refractivity contribution < 1.29 is 4.79 Å². The molecular formula is C21H26N6OS. The molecule has 0 unspecified atom stereocenters. The second-order valence-corrected chi connectivity index (χ2v) is 8.07. The Hall–Kier alpha value is -3.26. The van der Waals surface area contributed by atoms with Crippen LogP contribution in [0.3, 0.4) is 0 Å². The summed E-state index contributed by atoms with van der Waals surface area (Å²) in [6.45, 7) is 6.50. The lowest BCUT2D eigenvalue weighted by Crippen LogP contribution is -2.11. The zero-order valence-electron chi connectivity index (χ0n) is 17.0. The zero-order chi connectivity index (χ0) is 21.4. The summed E-state index contributed by atoms with van der Waals surface area (Å²) in [6, 6.07) is 8.58. The molecule has 0 saturated heterocycles. The first-order valence-electron chi connectivity index (χ1n) is 8.99. The molecule has 2 heterocycles. The Morgan fingerprint density at radius 3 is 2.48 bits per heavy atom. The topological polar surface area (TPSA) is 117 Å². The molecule has 1 aromatic carbocycles. The van der Waals surface area contributed by atoms with Gasteiger partial charge >= 0.3 is 0 Å². The van der Waals surface area contributed by atoms with Crippen molar-refractivity contribution in [3.63, 3.8) is 0 Å². The van der Waals surface area contributed by atoms with Crippen molar-refractivity contribution in [1.29, 1.82) is 5.41 Å². The van der Waals surface area contributed by atoms with Gasteiger partial charge in [-0.05, 0) is 30.3 Å². The van der Waals surface area contributed by atoms with Gasteiger partial charge in [-0.1, -0.05) is 20.8 Å². The number of aromatic nitrogens is 2. The Morgan fingerprint density at radius 2 is 1.97 bits per heavy atom. The fourth-order valence-corrected chi connectivity index (χ4v) is 3.17. The number of carbonyl (C=O) groups excluding carboxylic acids is 1. The standard InChI is InChI=1S/C13H12N4O.C8H14N2S/c14-7-9-3-4-11(6-12(9)15)17-13-10(8-18)2-1-5-16-13;1-8(2,3)6-5-11-7(9-4)10-6/h1-8,14H,15H2,(H,16,17);5H,1-4H3,(H,9,10). The molecule has 0 radical (unpaired) electrons. The van der Waals surface area contributed by atoms with E-state index in [-0.39, 0.29) is 5.41 Å². The number of aldehydes is 1. The van der Waals surface area contributed by atoms with Crippen LogP contribution in [0.25, 0.3) is 0 Å². The van der Waals surface area contributed by atoms with E-state index in [0.29, 0.717) is 22.6 Å². The number of hydrogen-bond donors (Lipinski definition) is 4. The van der Waals surface area contributed by atoms with Gasteiger partial charge in [0.2, 0.25) is 0 Å². The van der Waals surface area contributed by atoms with Gasteiger partial charge in [-0.3, -0.25) is 4.79 Å². The van der Waals surface area contributed by atoms with Crippen LogP contribution in [0.15, 0.2) is 41.9 Å². The van der Waals surface area contributed by atoms with Crippen LogP contribution in [0.4, 0.5) is 22.3 Å². The first-order chi connectivity index (χ1) is 13.8. The van der Waals surface area contributed by atoms with E-state index >= 15 is 0 Å². The second kappa shape index (κ2) is 9.79. The molecule has 0 aliphatic heterocycles. The summed E-state index contributed by atoms with van der Waals surface area (Å²) in [7, 11) is 1.89. The average Bonchev–Trinajstić information content (AvgIpc) is 3.19. The highest BCUT2D eigenvalue weighted by molar-refractivity contribution is 7.13. The number of nitrogens with two attached hydrogens (primary N) is 1. The van der Waals surface area contributed by atoms with Crippen molar-refractivity contribution in [2.45, 2.75) is 26.2 Å². The van der Waals surface area contributed by atoms with E-state index in [0.717, 1.165) is 22.8 Å². The van der Waals surface area contributed by atoms with Crippen molar-refractivity contribution in [3.8, 4) is 0 Å². The van der Waals surface area contributed by atoms with Crippen LogP contribution >= 0.6 is 11.3 Å². The molecule has 0 saturated carbocycles. The molecule has 7 nitrogen and oxygen atoms in total. The Balaban J connectivity index is 0.000000234. The minimum Gasteiger partial charge on any atom is -0.398 e. The second-order valence-electron chi connectivity index (χ2n) is 7.21. The van der Waals surface area contributed by atoms with Gasteiger partial charge in [-0.25, -0.2) is 9.97 Å². The number of nitrogens with zero attached hydrogens (tertiary/aromatic N) is 2. The molecule has 0 spiro atoms. The number of pyridine rings is 1. The van der Waals surface area contributed by atoms with Crippen molar-refractivity contribution in [3.05, 3.63) is 58.7 Å². The first-order valence-corrected chi connectivity index (χ1v) is 9.87. The van der Waals surface area contributed by atoms with Gasteiger partial charge in [0, 0.05) is 47.2 Å². The lowest BCUT2D eigenvalue weighted by atomic mass is 9.93. The molecule has 3 rings (SSSR count). The maximum Gasteiger partial charge on any atom is 0.182 e. The monoisotopic (exact) mass is 410 g/mol. The predicted octanol–water partition coefficient (Wildman–Crippen LogP) is 4.70. The van der Waals surface area contributed by atoms with Crippen LogP contribution in [0.1, 0.15) is 42.4 Å². The maximum absolute atomic E-state index is 10.9. The number of rotatable bonds is 5. The van der Waals surface area contributed by atoms with Crippen LogP contribution in [0, 0.1) is 5.41 Å². The summed E-state index contributed by atoms with van der Waals surface area (Å²) >= 11 is 1.65. The first kappa shape index (κ1) is 22.0. The molecule has 0 bridgehead atoms. The fraction of sp³-hybridized carbons (Fsp3) is 0.238. The predicted molar refractivity (Wildman–Crippen MR) is 122 cm³/mol. The molecule has 0 fully saturated rings. The van der Waals surface area contributed by atoms with E-state index in [9.17, 15) is 4.79 Å². The quantitative estimate of drug-likeness (QED) is 0.275. The van der Waals surface area contributed by atoms with E-state index in [1.165, 1.54) is 6.21 Å². The lowest BCUT2D eigenvalue weighted by molar-refractivity contribution is 0.112. The van der Waals surface area contributed by atoms with Crippen LogP contribution in [0.2, 0.25) is 0 Å². The number of nitrogens with one attached hydrogen (secondary N) is 3. The Morgan fingerprint density at radius 1 is 1.21 bits per heavy atom. The lowest BCUT2D eigenvalue weighted by Gasteiger charge is -2.13. The van der Waals surface area contributed by atoms with Crippen molar-refractivity contribution >= 4 is 46.2 Å². The molecule has 5 N–H and O–H groups in total. The van der Waals surface area contributed by atoms with Gasteiger partial charge in [0.25, 0.3) is 0 Å². The summed E-state index contributed by atoms with van der Waals surface area (Å²) in [5.74, 6) is 0.481. The highest BCUT2D eigenvalue weighted by Crippen LogP contribution is 2.25. The normalized spacial score (nSPS) is 10.5. The highest BCUT2D eigenvalue weighted by Gasteiger charge is 2.16. The summed E-state index contributed by atoms with van der Waals surface area (Å²) in [5.41, 5.74) is 9.46. The Bertz CT molecular complexity index is 977. The van der Waals surface area contributed by atoms with Crippen LogP contribution in [0.5, 0.6) is 0 Å². The number of thiazole rings is 1.